The molecule has 2 unspecified atom stereocenters. The van der Waals surface area contributed by atoms with Gasteiger partial charge in [0.15, 0.2) is 0 Å². The van der Waals surface area contributed by atoms with Crippen molar-refractivity contribution in [1.82, 2.24) is 0 Å². The van der Waals surface area contributed by atoms with Gasteiger partial charge in [0.1, 0.15) is 5.82 Å². The molecular formula is C15H22FN. The summed E-state index contributed by atoms with van der Waals surface area (Å²) in [7, 11) is 0. The maximum Gasteiger partial charge on any atom is 0.126 e. The summed E-state index contributed by atoms with van der Waals surface area (Å²) in [4.78, 5) is 0. The first-order valence-corrected chi connectivity index (χ1v) is 6.46. The fourth-order valence-corrected chi connectivity index (χ4v) is 3.37. The van der Waals surface area contributed by atoms with Crippen LogP contribution in [0.5, 0.6) is 0 Å². The number of aryl methyl sites for hydroxylation is 1. The number of hydrogen-bond donors (Lipinski definition) is 1. The van der Waals surface area contributed by atoms with Gasteiger partial charge in [-0.15, -0.1) is 0 Å². The third-order valence-corrected chi connectivity index (χ3v) is 3.96. The topological polar surface area (TPSA) is 26.0 Å². The summed E-state index contributed by atoms with van der Waals surface area (Å²) in [6, 6.07) is 5.32. The van der Waals surface area contributed by atoms with Crippen molar-refractivity contribution >= 4 is 0 Å². The van der Waals surface area contributed by atoms with Gasteiger partial charge in [0.05, 0.1) is 0 Å². The van der Waals surface area contributed by atoms with Crippen LogP contribution >= 0.6 is 0 Å². The van der Waals surface area contributed by atoms with E-state index in [1.807, 2.05) is 12.1 Å². The quantitative estimate of drug-likeness (QED) is 0.788. The van der Waals surface area contributed by atoms with E-state index < -0.39 is 0 Å². The van der Waals surface area contributed by atoms with Crippen molar-refractivity contribution in [3.05, 3.63) is 35.1 Å². The van der Waals surface area contributed by atoms with E-state index in [0.717, 1.165) is 18.4 Å². The zero-order chi connectivity index (χ0) is 12.6. The summed E-state index contributed by atoms with van der Waals surface area (Å²) < 4.78 is 13.3. The molecule has 1 aliphatic rings. The van der Waals surface area contributed by atoms with E-state index in [0.29, 0.717) is 17.4 Å². The molecule has 2 heteroatoms. The van der Waals surface area contributed by atoms with Crippen molar-refractivity contribution < 1.29 is 4.39 Å². The summed E-state index contributed by atoms with van der Waals surface area (Å²) in [6.07, 6.45) is 3.25. The monoisotopic (exact) mass is 235 g/mol. The molecule has 0 amide bonds. The van der Waals surface area contributed by atoms with Gasteiger partial charge in [0.25, 0.3) is 0 Å². The van der Waals surface area contributed by atoms with Crippen molar-refractivity contribution in [2.24, 2.45) is 17.6 Å². The Morgan fingerprint density at radius 3 is 2.35 bits per heavy atom. The highest BCUT2D eigenvalue weighted by Gasteiger charge is 2.36. The van der Waals surface area contributed by atoms with E-state index in [2.05, 4.69) is 13.8 Å². The van der Waals surface area contributed by atoms with E-state index in [1.54, 1.807) is 13.0 Å². The fraction of sp³-hybridized carbons (Fsp3) is 0.600. The lowest BCUT2D eigenvalue weighted by molar-refractivity contribution is 0.183. The van der Waals surface area contributed by atoms with Gasteiger partial charge in [-0.3, -0.25) is 0 Å². The van der Waals surface area contributed by atoms with Gasteiger partial charge in [-0.05, 0) is 55.2 Å². The summed E-state index contributed by atoms with van der Waals surface area (Å²) in [5.74, 6) is 1.15. The Kier molecular flexibility index (Phi) is 3.26. The first-order valence-electron chi connectivity index (χ1n) is 6.46. The Bertz CT molecular complexity index is 403. The van der Waals surface area contributed by atoms with Crippen LogP contribution in [0.4, 0.5) is 4.39 Å². The third-order valence-electron chi connectivity index (χ3n) is 3.96. The predicted octanol–water partition coefficient (Wildman–Crippen LogP) is 3.74. The lowest BCUT2D eigenvalue weighted by Gasteiger charge is -2.40. The highest BCUT2D eigenvalue weighted by Crippen LogP contribution is 2.40. The molecule has 1 aliphatic carbocycles. The van der Waals surface area contributed by atoms with Crippen LogP contribution in [0.3, 0.4) is 0 Å². The van der Waals surface area contributed by atoms with E-state index in [4.69, 9.17) is 5.73 Å². The molecule has 0 aliphatic heterocycles. The Morgan fingerprint density at radius 1 is 1.24 bits per heavy atom. The number of halogens is 1. The first kappa shape index (κ1) is 12.6. The standard InChI is InChI=1S/C15H22FN/c1-10-6-11(2)9-15(17,8-10)13-4-5-14(16)12(3)7-13/h4-5,7,10-11H,6,8-9,17H2,1-3H3. The molecule has 0 aromatic heterocycles. The molecular weight excluding hydrogens is 213 g/mol. The fourth-order valence-electron chi connectivity index (χ4n) is 3.37. The van der Waals surface area contributed by atoms with Crippen LogP contribution in [-0.2, 0) is 5.54 Å². The van der Waals surface area contributed by atoms with Gasteiger partial charge in [0.2, 0.25) is 0 Å². The van der Waals surface area contributed by atoms with Gasteiger partial charge >= 0.3 is 0 Å². The molecule has 0 radical (unpaired) electrons. The van der Waals surface area contributed by atoms with E-state index in [-0.39, 0.29) is 11.4 Å². The van der Waals surface area contributed by atoms with Crippen molar-refractivity contribution in [3.63, 3.8) is 0 Å². The van der Waals surface area contributed by atoms with Gasteiger partial charge in [0, 0.05) is 5.54 Å². The van der Waals surface area contributed by atoms with Crippen LogP contribution in [0.2, 0.25) is 0 Å². The Labute approximate surface area is 103 Å². The first-order chi connectivity index (χ1) is 7.90. The lowest BCUT2D eigenvalue weighted by atomic mass is 9.69. The zero-order valence-electron chi connectivity index (χ0n) is 11.0. The third kappa shape index (κ3) is 2.52. The average Bonchev–Trinajstić information content (AvgIpc) is 2.19. The van der Waals surface area contributed by atoms with Gasteiger partial charge in [-0.2, -0.15) is 0 Å². The molecule has 17 heavy (non-hydrogen) atoms. The molecule has 94 valence electrons. The van der Waals surface area contributed by atoms with E-state index >= 15 is 0 Å². The normalized spacial score (nSPS) is 33.7. The maximum absolute atomic E-state index is 13.3. The Hall–Kier alpha value is -0.890. The van der Waals surface area contributed by atoms with Gasteiger partial charge < -0.3 is 5.73 Å². The Morgan fingerprint density at radius 2 is 1.82 bits per heavy atom. The van der Waals surface area contributed by atoms with E-state index in [1.165, 1.54) is 6.42 Å². The van der Waals surface area contributed by atoms with Crippen molar-refractivity contribution in [2.75, 3.05) is 0 Å². The summed E-state index contributed by atoms with van der Waals surface area (Å²) in [5.41, 5.74) is 8.07. The molecule has 1 aromatic rings. The van der Waals surface area contributed by atoms with Gasteiger partial charge in [-0.1, -0.05) is 26.0 Å². The second kappa shape index (κ2) is 4.41. The second-order valence-corrected chi connectivity index (χ2v) is 5.97. The largest absolute Gasteiger partial charge is 0.321 e. The SMILES string of the molecule is Cc1cc(C2(N)CC(C)CC(C)C2)ccc1F. The summed E-state index contributed by atoms with van der Waals surface area (Å²) in [5, 5.41) is 0. The average molecular weight is 235 g/mol. The van der Waals surface area contributed by atoms with Crippen LogP contribution in [0.1, 0.15) is 44.2 Å². The van der Waals surface area contributed by atoms with Crippen LogP contribution in [0, 0.1) is 24.6 Å². The minimum Gasteiger partial charge on any atom is -0.321 e. The minimum absolute atomic E-state index is 0.144. The smallest absolute Gasteiger partial charge is 0.126 e. The minimum atomic E-state index is -0.268. The Balaban J connectivity index is 2.33. The van der Waals surface area contributed by atoms with E-state index in [9.17, 15) is 4.39 Å². The molecule has 1 aromatic carbocycles. The van der Waals surface area contributed by atoms with Crippen LogP contribution in [0.15, 0.2) is 18.2 Å². The number of nitrogens with two attached hydrogens (primary N) is 1. The molecule has 0 spiro atoms. The van der Waals surface area contributed by atoms with Crippen molar-refractivity contribution in [1.29, 1.82) is 0 Å². The highest BCUT2D eigenvalue weighted by molar-refractivity contribution is 5.30. The molecule has 1 nitrogen and oxygen atoms in total. The molecule has 1 fully saturated rings. The zero-order valence-corrected chi connectivity index (χ0v) is 11.0. The molecule has 2 atom stereocenters. The van der Waals surface area contributed by atoms with Crippen LogP contribution in [-0.4, -0.2) is 0 Å². The van der Waals surface area contributed by atoms with Crippen LogP contribution in [0.25, 0.3) is 0 Å². The number of benzene rings is 1. The lowest BCUT2D eigenvalue weighted by Crippen LogP contribution is -2.43. The summed E-state index contributed by atoms with van der Waals surface area (Å²) >= 11 is 0. The van der Waals surface area contributed by atoms with Gasteiger partial charge in [-0.25, -0.2) is 4.39 Å². The van der Waals surface area contributed by atoms with Crippen molar-refractivity contribution in [2.45, 2.75) is 45.6 Å². The number of hydrogen-bond acceptors (Lipinski definition) is 1. The number of rotatable bonds is 1. The molecule has 0 bridgehead atoms. The highest BCUT2D eigenvalue weighted by atomic mass is 19.1. The molecule has 0 saturated heterocycles. The molecule has 2 N–H and O–H groups in total. The summed E-state index contributed by atoms with van der Waals surface area (Å²) in [6.45, 7) is 6.32. The molecule has 2 rings (SSSR count). The van der Waals surface area contributed by atoms with Crippen molar-refractivity contribution in [3.8, 4) is 0 Å². The second-order valence-electron chi connectivity index (χ2n) is 5.97. The maximum atomic E-state index is 13.3. The molecule has 1 saturated carbocycles. The van der Waals surface area contributed by atoms with Crippen LogP contribution < -0.4 is 5.73 Å². The predicted molar refractivity (Wildman–Crippen MR) is 69.2 cm³/mol. The molecule has 0 heterocycles.